The number of nitrogens with zero attached hydrogens (tertiary/aromatic N) is 3. The molecule has 0 aliphatic heterocycles. The van der Waals surface area contributed by atoms with Gasteiger partial charge >= 0.3 is 0 Å². The van der Waals surface area contributed by atoms with Crippen molar-refractivity contribution >= 4 is 17.3 Å². The quantitative estimate of drug-likeness (QED) is 0.304. The Morgan fingerprint density at radius 2 is 1.83 bits per heavy atom. The summed E-state index contributed by atoms with van der Waals surface area (Å²) in [6.45, 7) is 9.85. The number of carbonyl (C=O) groups excluding carboxylic acids is 1. The van der Waals surface area contributed by atoms with Gasteiger partial charge in [-0.2, -0.15) is 5.10 Å². The smallest absolute Gasteiger partial charge is 0.274 e. The third kappa shape index (κ3) is 5.32. The van der Waals surface area contributed by atoms with Gasteiger partial charge in [0.2, 0.25) is 0 Å². The van der Waals surface area contributed by atoms with Gasteiger partial charge in [-0.05, 0) is 67.1 Å². The molecule has 1 heterocycles. The van der Waals surface area contributed by atoms with Gasteiger partial charge in [-0.25, -0.2) is 9.53 Å². The molecule has 4 aromatic rings. The van der Waals surface area contributed by atoms with Crippen LogP contribution in [0, 0.1) is 19.4 Å². The summed E-state index contributed by atoms with van der Waals surface area (Å²) in [5, 5.41) is 7.50. The van der Waals surface area contributed by atoms with E-state index in [1.165, 1.54) is 12.8 Å². The number of ether oxygens (including phenoxy) is 1. The highest BCUT2D eigenvalue weighted by Gasteiger charge is 2.25. The van der Waals surface area contributed by atoms with E-state index < -0.39 is 0 Å². The third-order valence-electron chi connectivity index (χ3n) is 6.01. The van der Waals surface area contributed by atoms with Crippen molar-refractivity contribution < 1.29 is 9.53 Å². The van der Waals surface area contributed by atoms with E-state index in [2.05, 4.69) is 27.4 Å². The number of carbonyl (C=O) groups is 1. The molecular formula is C29H26N4O2. The molecule has 35 heavy (non-hydrogen) atoms. The Morgan fingerprint density at radius 3 is 2.60 bits per heavy atom. The zero-order chi connectivity index (χ0) is 24.2. The summed E-state index contributed by atoms with van der Waals surface area (Å²) in [5.74, 6) is 0.375. The van der Waals surface area contributed by atoms with Crippen LogP contribution in [-0.2, 0) is 4.74 Å². The number of amides is 1. The van der Waals surface area contributed by atoms with E-state index in [1.807, 2.05) is 55.5 Å². The molecule has 6 nitrogen and oxygen atoms in total. The summed E-state index contributed by atoms with van der Waals surface area (Å²) < 4.78 is 7.91. The number of hydrogen-bond acceptors (Lipinski definition) is 3. The number of anilines is 1. The lowest BCUT2D eigenvalue weighted by Gasteiger charge is -2.20. The molecule has 6 heteroatoms. The molecule has 5 rings (SSSR count). The molecule has 3 aromatic carbocycles. The van der Waals surface area contributed by atoms with E-state index in [1.54, 1.807) is 28.9 Å². The summed E-state index contributed by atoms with van der Waals surface area (Å²) in [4.78, 5) is 16.8. The molecule has 1 fully saturated rings. The summed E-state index contributed by atoms with van der Waals surface area (Å²) >= 11 is 0. The largest absolute Gasteiger partial charge is 0.368 e. The van der Waals surface area contributed by atoms with Crippen LogP contribution in [0.25, 0.3) is 10.5 Å². The van der Waals surface area contributed by atoms with Crippen molar-refractivity contribution in [1.82, 2.24) is 9.78 Å². The summed E-state index contributed by atoms with van der Waals surface area (Å²) in [6.07, 6.45) is 2.25. The van der Waals surface area contributed by atoms with Crippen LogP contribution in [-0.4, -0.2) is 22.3 Å². The van der Waals surface area contributed by atoms with E-state index in [0.29, 0.717) is 28.7 Å². The second-order valence-electron chi connectivity index (χ2n) is 8.86. The lowest BCUT2D eigenvalue weighted by Crippen LogP contribution is -2.17. The van der Waals surface area contributed by atoms with Gasteiger partial charge in [-0.15, -0.1) is 0 Å². The monoisotopic (exact) mass is 462 g/mol. The number of hydrogen-bond donors (Lipinski definition) is 1. The molecule has 1 amide bonds. The molecule has 0 bridgehead atoms. The first-order chi connectivity index (χ1) is 17.1. The Bertz CT molecular complexity index is 1380. The predicted molar refractivity (Wildman–Crippen MR) is 136 cm³/mol. The highest BCUT2D eigenvalue weighted by Crippen LogP contribution is 2.34. The van der Waals surface area contributed by atoms with Crippen LogP contribution in [0.4, 0.5) is 11.4 Å². The van der Waals surface area contributed by atoms with Crippen molar-refractivity contribution in [2.45, 2.75) is 25.9 Å². The first-order valence-corrected chi connectivity index (χ1v) is 11.7. The molecule has 174 valence electrons. The maximum Gasteiger partial charge on any atom is 0.274 e. The average Bonchev–Trinajstić information content (AvgIpc) is 3.63. The summed E-state index contributed by atoms with van der Waals surface area (Å²) in [6, 6.07) is 26.8. The van der Waals surface area contributed by atoms with Gasteiger partial charge in [0.1, 0.15) is 11.8 Å². The molecular weight excluding hydrogens is 436 g/mol. The fraction of sp³-hybridized carbons (Fsp3) is 0.207. The summed E-state index contributed by atoms with van der Waals surface area (Å²) in [7, 11) is 0. The summed E-state index contributed by atoms with van der Waals surface area (Å²) in [5.41, 5.74) is 5.04. The van der Waals surface area contributed by atoms with E-state index in [9.17, 15) is 4.79 Å². The Hall–Kier alpha value is -4.21. The van der Waals surface area contributed by atoms with Gasteiger partial charge in [0, 0.05) is 5.69 Å². The van der Waals surface area contributed by atoms with Gasteiger partial charge in [-0.1, -0.05) is 54.6 Å². The molecule has 1 N–H and O–H groups in total. The van der Waals surface area contributed by atoms with Crippen LogP contribution in [0.5, 0.6) is 0 Å². The van der Waals surface area contributed by atoms with Crippen molar-refractivity contribution in [2.75, 3.05) is 11.9 Å². The van der Waals surface area contributed by atoms with E-state index in [4.69, 9.17) is 11.3 Å². The van der Waals surface area contributed by atoms with Crippen LogP contribution in [0.2, 0.25) is 0 Å². The molecule has 1 aliphatic rings. The molecule has 1 atom stereocenters. The van der Waals surface area contributed by atoms with Gasteiger partial charge in [0.15, 0.2) is 5.69 Å². The minimum absolute atomic E-state index is 0.196. The molecule has 0 saturated heterocycles. The van der Waals surface area contributed by atoms with E-state index in [-0.39, 0.29) is 12.0 Å². The maximum atomic E-state index is 13.3. The Balaban J connectivity index is 1.40. The second-order valence-corrected chi connectivity index (χ2v) is 8.86. The van der Waals surface area contributed by atoms with Crippen LogP contribution in [0.1, 0.15) is 46.3 Å². The van der Waals surface area contributed by atoms with Crippen LogP contribution in [0.15, 0.2) is 84.9 Å². The van der Waals surface area contributed by atoms with Crippen molar-refractivity contribution in [3.05, 3.63) is 119 Å². The standard InChI is InChI=1S/C29H26N4O2/c1-20-16-27(33(32-20)26-13-7-11-24(18-26)30-2)29(34)31-25-12-6-10-23(17-25)28(35-19-21-14-15-21)22-8-4-3-5-9-22/h3-13,16-18,21,28H,14-15,19H2,1H3,(H,31,34). The molecule has 1 aliphatic carbocycles. The maximum absolute atomic E-state index is 13.3. The average molecular weight is 463 g/mol. The van der Waals surface area contributed by atoms with Gasteiger partial charge in [-0.3, -0.25) is 4.79 Å². The van der Waals surface area contributed by atoms with Gasteiger partial charge < -0.3 is 10.1 Å². The number of rotatable bonds is 8. The Kier molecular flexibility index (Phi) is 6.42. The Labute approximate surface area is 205 Å². The number of nitrogens with one attached hydrogen (secondary N) is 1. The molecule has 1 aromatic heterocycles. The normalized spacial score (nSPS) is 13.7. The lowest BCUT2D eigenvalue weighted by molar-refractivity contribution is 0.0718. The van der Waals surface area contributed by atoms with E-state index in [0.717, 1.165) is 23.4 Å². The number of aryl methyl sites for hydroxylation is 1. The first-order valence-electron chi connectivity index (χ1n) is 11.7. The van der Waals surface area contributed by atoms with Gasteiger partial charge in [0.05, 0.1) is 24.6 Å². The van der Waals surface area contributed by atoms with Crippen LogP contribution < -0.4 is 5.32 Å². The third-order valence-corrected chi connectivity index (χ3v) is 6.01. The van der Waals surface area contributed by atoms with Crippen molar-refractivity contribution in [2.24, 2.45) is 5.92 Å². The minimum atomic E-state index is -0.272. The minimum Gasteiger partial charge on any atom is -0.368 e. The number of benzene rings is 3. The van der Waals surface area contributed by atoms with Crippen LogP contribution in [0.3, 0.4) is 0 Å². The van der Waals surface area contributed by atoms with Crippen molar-refractivity contribution in [1.29, 1.82) is 0 Å². The number of aromatic nitrogens is 2. The van der Waals surface area contributed by atoms with Crippen LogP contribution >= 0.6 is 0 Å². The van der Waals surface area contributed by atoms with Crippen molar-refractivity contribution in [3.8, 4) is 5.69 Å². The van der Waals surface area contributed by atoms with E-state index >= 15 is 0 Å². The predicted octanol–water partition coefficient (Wildman–Crippen LogP) is 6.50. The zero-order valence-electron chi connectivity index (χ0n) is 19.5. The van der Waals surface area contributed by atoms with Crippen molar-refractivity contribution in [3.63, 3.8) is 0 Å². The fourth-order valence-corrected chi connectivity index (χ4v) is 4.06. The molecule has 1 unspecified atom stereocenters. The first kappa shape index (κ1) is 22.6. The van der Waals surface area contributed by atoms with Gasteiger partial charge in [0.25, 0.3) is 5.91 Å². The fourth-order valence-electron chi connectivity index (χ4n) is 4.06. The second kappa shape index (κ2) is 9.96. The molecule has 0 spiro atoms. The SMILES string of the molecule is [C-]#[N+]c1cccc(-n2nc(C)cc2C(=O)Nc2cccc(C(OCC3CC3)c3ccccc3)c2)c1. The highest BCUT2D eigenvalue weighted by atomic mass is 16.5. The Morgan fingerprint density at radius 1 is 1.06 bits per heavy atom. The lowest BCUT2D eigenvalue weighted by atomic mass is 10.0. The molecule has 0 radical (unpaired) electrons. The molecule has 1 saturated carbocycles. The zero-order valence-corrected chi connectivity index (χ0v) is 19.5. The highest BCUT2D eigenvalue weighted by molar-refractivity contribution is 6.03. The topological polar surface area (TPSA) is 60.5 Å².